The van der Waals surface area contributed by atoms with Crippen LogP contribution in [0.2, 0.25) is 0 Å². The topological polar surface area (TPSA) is 273 Å². The fourth-order valence-electron chi connectivity index (χ4n) is 3.62. The first-order valence-corrected chi connectivity index (χ1v) is 19.0. The first kappa shape index (κ1) is 44.8. The Bertz CT molecular complexity index is 1990. The number of hydrogen-bond donors (Lipinski definition) is 10. The molecule has 4 aromatic rings. The summed E-state index contributed by atoms with van der Waals surface area (Å²) in [5.41, 5.74) is 3.46. The highest BCUT2D eigenvalue weighted by molar-refractivity contribution is 7.85. The molecule has 0 saturated heterocycles. The molecule has 8 amide bonds. The highest BCUT2D eigenvalue weighted by Gasteiger charge is 2.09. The van der Waals surface area contributed by atoms with Crippen molar-refractivity contribution in [2.75, 3.05) is 56.8 Å². The highest BCUT2D eigenvalue weighted by Crippen LogP contribution is 2.20. The van der Waals surface area contributed by atoms with Crippen molar-refractivity contribution >= 4 is 84.2 Å². The van der Waals surface area contributed by atoms with Gasteiger partial charge in [-0.1, -0.05) is 50.2 Å². The average molecular weight is 775 g/mol. The van der Waals surface area contributed by atoms with Gasteiger partial charge in [-0.2, -0.15) is 16.8 Å². The van der Waals surface area contributed by atoms with Crippen molar-refractivity contribution in [2.24, 2.45) is 0 Å². The molecule has 0 unspecified atom stereocenters. The van der Waals surface area contributed by atoms with Crippen molar-refractivity contribution in [1.82, 2.24) is 5.32 Å². The molecule has 53 heavy (non-hydrogen) atoms. The molecule has 0 aliphatic rings. The van der Waals surface area contributed by atoms with Crippen molar-refractivity contribution in [1.29, 1.82) is 0 Å². The van der Waals surface area contributed by atoms with Gasteiger partial charge < -0.3 is 42.5 Å². The van der Waals surface area contributed by atoms with E-state index in [1.54, 1.807) is 84.9 Å². The molecule has 0 bridgehead atoms. The van der Waals surface area contributed by atoms with Crippen LogP contribution in [0.5, 0.6) is 0 Å². The number of nitrogens with one attached hydrogen (secondary N) is 8. The van der Waals surface area contributed by atoms with Crippen LogP contribution >= 0.6 is 0 Å². The Morgan fingerprint density at radius 3 is 0.868 bits per heavy atom. The molecule has 0 spiro atoms. The lowest BCUT2D eigenvalue weighted by Crippen LogP contribution is -2.24. The Balaban J connectivity index is 0.00000102. The van der Waals surface area contributed by atoms with E-state index in [0.717, 1.165) is 0 Å². The molecule has 0 aliphatic heterocycles. The molecule has 4 rings (SSSR count). The third-order valence-electron chi connectivity index (χ3n) is 5.39. The molecular weight excluding hydrogens is 733 g/mol. The van der Waals surface area contributed by atoms with Gasteiger partial charge in [-0.3, -0.25) is 9.11 Å². The molecule has 0 radical (unpaired) electrons. The Morgan fingerprint density at radius 2 is 0.623 bits per heavy atom. The minimum absolute atomic E-state index is 0.379. The second kappa shape index (κ2) is 22.6. The van der Waals surface area contributed by atoms with E-state index < -0.39 is 38.3 Å². The summed E-state index contributed by atoms with van der Waals surface area (Å²) < 4.78 is 51.7. The molecule has 18 nitrogen and oxygen atoms in total. The van der Waals surface area contributed by atoms with E-state index in [-0.39, 0.29) is 6.03 Å². The second-order valence-corrected chi connectivity index (χ2v) is 12.9. The molecule has 10 N–H and O–H groups in total. The van der Waals surface area contributed by atoms with Crippen LogP contribution in [-0.4, -0.2) is 69.6 Å². The first-order chi connectivity index (χ1) is 24.9. The number of para-hydroxylation sites is 1. The maximum atomic E-state index is 12.6. The Morgan fingerprint density at radius 1 is 0.415 bits per heavy atom. The van der Waals surface area contributed by atoms with E-state index in [4.69, 9.17) is 9.11 Å². The Labute approximate surface area is 307 Å². The van der Waals surface area contributed by atoms with E-state index in [0.29, 0.717) is 52.3 Å². The SMILES string of the molecule is CC.CNC(=O)Nc1cccc(NC(=O)Nc2cccc(NC(=O)Nc3cccc(NC(=O)Nc4ccccc4)c3)c2)c1.CS(=O)(=O)O.CS(=O)(=O)O. The number of carbonyl (C=O) groups excluding carboxylic acids is 4. The number of hydrogen-bond acceptors (Lipinski definition) is 8. The van der Waals surface area contributed by atoms with Gasteiger partial charge in [-0.05, 0) is 66.7 Å². The number of rotatable bonds is 7. The first-order valence-electron chi connectivity index (χ1n) is 15.3. The van der Waals surface area contributed by atoms with E-state index >= 15 is 0 Å². The molecule has 0 aliphatic carbocycles. The number of amides is 8. The van der Waals surface area contributed by atoms with E-state index in [1.807, 2.05) is 32.0 Å². The summed E-state index contributed by atoms with van der Waals surface area (Å²) in [5.74, 6) is 0. The van der Waals surface area contributed by atoms with Crippen molar-refractivity contribution in [3.8, 4) is 0 Å². The quantitative estimate of drug-likeness (QED) is 0.0922. The largest absolute Gasteiger partial charge is 0.341 e. The van der Waals surface area contributed by atoms with Crippen molar-refractivity contribution in [3.05, 3.63) is 103 Å². The molecule has 0 fully saturated rings. The Kier molecular flexibility index (Phi) is 19.1. The fourth-order valence-corrected chi connectivity index (χ4v) is 3.62. The zero-order valence-electron chi connectivity index (χ0n) is 29.3. The van der Waals surface area contributed by atoms with Crippen molar-refractivity contribution < 1.29 is 45.1 Å². The molecule has 0 aromatic heterocycles. The predicted molar refractivity (Wildman–Crippen MR) is 208 cm³/mol. The highest BCUT2D eigenvalue weighted by atomic mass is 32.2. The van der Waals surface area contributed by atoms with Gasteiger partial charge in [0.1, 0.15) is 0 Å². The van der Waals surface area contributed by atoms with Crippen molar-refractivity contribution in [3.63, 3.8) is 0 Å². The van der Waals surface area contributed by atoms with Gasteiger partial charge in [0.25, 0.3) is 20.2 Å². The number of benzene rings is 4. The van der Waals surface area contributed by atoms with Crippen LogP contribution in [0.4, 0.5) is 59.0 Å². The summed E-state index contributed by atoms with van der Waals surface area (Å²) in [6.45, 7) is 4.00. The summed E-state index contributed by atoms with van der Waals surface area (Å²) >= 11 is 0. The molecule has 4 aromatic carbocycles. The maximum Gasteiger partial charge on any atom is 0.323 e. The van der Waals surface area contributed by atoms with E-state index in [2.05, 4.69) is 42.5 Å². The van der Waals surface area contributed by atoms with E-state index in [1.165, 1.54) is 7.05 Å². The van der Waals surface area contributed by atoms with Crippen molar-refractivity contribution in [2.45, 2.75) is 13.8 Å². The van der Waals surface area contributed by atoms with Crippen LogP contribution in [0, 0.1) is 0 Å². The van der Waals surface area contributed by atoms with Crippen LogP contribution in [0.15, 0.2) is 103 Å². The minimum Gasteiger partial charge on any atom is -0.341 e. The lowest BCUT2D eigenvalue weighted by atomic mass is 10.2. The van der Waals surface area contributed by atoms with Gasteiger partial charge in [0.2, 0.25) is 0 Å². The zero-order chi connectivity index (χ0) is 40.0. The molecule has 0 atom stereocenters. The van der Waals surface area contributed by atoms with Crippen LogP contribution in [-0.2, 0) is 20.2 Å². The summed E-state index contributed by atoms with van der Waals surface area (Å²) in [6.07, 6.45) is 1.43. The third-order valence-corrected chi connectivity index (χ3v) is 5.39. The normalized spacial score (nSPS) is 10.0. The van der Waals surface area contributed by atoms with Gasteiger partial charge in [0.15, 0.2) is 0 Å². The Hall–Kier alpha value is -6.22. The monoisotopic (exact) mass is 774 g/mol. The standard InChI is InChI=1S/C29H28N8O4.C2H6.2CH4O3S/c1-30-26(38)32-20-10-5-11-21(16-20)34-28(40)36-24-14-7-15-25(18-24)37-29(41)35-23-13-6-12-22(17-23)33-27(39)31-19-8-3-2-4-9-19;1-2;2*1-5(2,3)4/h2-18H,1H3,(H2,30,32,38)(H2,31,33,39)(H2,34,36,40)(H2,35,37,41);1-2H3;2*1H3,(H,2,3,4). The number of urea groups is 4. The molecular formula is C33H42N8O10S2. The number of anilines is 7. The molecule has 20 heteroatoms. The summed E-state index contributed by atoms with van der Waals surface area (Å²) in [5, 5.41) is 21.3. The molecule has 286 valence electrons. The summed E-state index contributed by atoms with van der Waals surface area (Å²) in [6, 6.07) is 27.2. The van der Waals surface area contributed by atoms with Crippen LogP contribution in [0.1, 0.15) is 13.8 Å². The third kappa shape index (κ3) is 23.0. The average Bonchev–Trinajstić information content (AvgIpc) is 3.05. The lowest BCUT2D eigenvalue weighted by Gasteiger charge is -2.12. The molecule has 0 heterocycles. The van der Waals surface area contributed by atoms with Crippen LogP contribution in [0.25, 0.3) is 0 Å². The number of carbonyl (C=O) groups is 4. The van der Waals surface area contributed by atoms with Crippen LogP contribution in [0.3, 0.4) is 0 Å². The molecule has 0 saturated carbocycles. The van der Waals surface area contributed by atoms with E-state index in [9.17, 15) is 36.0 Å². The van der Waals surface area contributed by atoms with Crippen LogP contribution < -0.4 is 42.5 Å². The zero-order valence-corrected chi connectivity index (χ0v) is 30.9. The van der Waals surface area contributed by atoms with Gasteiger partial charge in [0, 0.05) is 46.9 Å². The summed E-state index contributed by atoms with van der Waals surface area (Å²) in [7, 11) is -5.83. The van der Waals surface area contributed by atoms with Gasteiger partial charge in [-0.15, -0.1) is 0 Å². The smallest absolute Gasteiger partial charge is 0.323 e. The van der Waals surface area contributed by atoms with Gasteiger partial charge >= 0.3 is 24.1 Å². The van der Waals surface area contributed by atoms with Gasteiger partial charge in [-0.25, -0.2) is 19.2 Å². The maximum absolute atomic E-state index is 12.6. The lowest BCUT2D eigenvalue weighted by molar-refractivity contribution is 0.253. The van der Waals surface area contributed by atoms with Gasteiger partial charge in [0.05, 0.1) is 12.5 Å². The minimum atomic E-state index is -3.67. The predicted octanol–water partition coefficient (Wildman–Crippen LogP) is 6.40. The summed E-state index contributed by atoms with van der Waals surface area (Å²) in [4.78, 5) is 48.9. The second-order valence-electron chi connectivity index (χ2n) is 10.0. The fraction of sp³-hybridized carbons (Fsp3) is 0.152.